The fraction of sp³-hybridized carbons (Fsp3) is 0.174. The minimum atomic E-state index is -0.671. The van der Waals surface area contributed by atoms with E-state index >= 15 is 0 Å². The van der Waals surface area contributed by atoms with E-state index in [9.17, 15) is 14.7 Å². The van der Waals surface area contributed by atoms with Gasteiger partial charge in [0.15, 0.2) is 11.4 Å². The van der Waals surface area contributed by atoms with Crippen LogP contribution < -0.4 is 5.43 Å². The predicted molar refractivity (Wildman–Crippen MR) is 111 cm³/mol. The van der Waals surface area contributed by atoms with Gasteiger partial charge in [0.05, 0.1) is 18.4 Å². The molecule has 29 heavy (non-hydrogen) atoms. The molecule has 0 saturated carbocycles. The highest BCUT2D eigenvalue weighted by atomic mass is 16.3. The van der Waals surface area contributed by atoms with Crippen molar-refractivity contribution in [3.63, 3.8) is 0 Å². The summed E-state index contributed by atoms with van der Waals surface area (Å²) in [5.74, 6) is -0.986. The zero-order valence-electron chi connectivity index (χ0n) is 16.2. The third-order valence-electron chi connectivity index (χ3n) is 5.04. The second-order valence-electron chi connectivity index (χ2n) is 7.20. The van der Waals surface area contributed by atoms with E-state index < -0.39 is 17.1 Å². The lowest BCUT2D eigenvalue weighted by atomic mass is 9.94. The molecule has 1 aliphatic rings. The van der Waals surface area contributed by atoms with E-state index in [0.717, 1.165) is 28.6 Å². The van der Waals surface area contributed by atoms with Gasteiger partial charge in [0.1, 0.15) is 0 Å². The van der Waals surface area contributed by atoms with Crippen molar-refractivity contribution in [2.24, 2.45) is 0 Å². The largest absolute Gasteiger partial charge is 0.502 e. The van der Waals surface area contributed by atoms with Crippen molar-refractivity contribution >= 4 is 17.2 Å². The van der Waals surface area contributed by atoms with Crippen LogP contribution in [0.15, 0.2) is 71.7 Å². The lowest BCUT2D eigenvalue weighted by Crippen LogP contribution is -2.45. The molecule has 0 unspecified atom stereocenters. The number of amides is 1. The molecular formula is C23H21N3O3. The molecule has 1 aliphatic heterocycles. The first-order chi connectivity index (χ1) is 14.0. The third-order valence-corrected chi connectivity index (χ3v) is 5.04. The Kier molecular flexibility index (Phi) is 4.76. The van der Waals surface area contributed by atoms with Crippen LogP contribution in [0.4, 0.5) is 0 Å². The van der Waals surface area contributed by atoms with Crippen molar-refractivity contribution in [1.29, 1.82) is 0 Å². The number of rotatable bonds is 3. The van der Waals surface area contributed by atoms with E-state index in [0.29, 0.717) is 6.54 Å². The highest BCUT2D eigenvalue weighted by molar-refractivity contribution is 6.03. The second kappa shape index (κ2) is 7.39. The van der Waals surface area contributed by atoms with Crippen molar-refractivity contribution < 1.29 is 9.90 Å². The van der Waals surface area contributed by atoms with Crippen molar-refractivity contribution in [3.05, 3.63) is 93.9 Å². The molecule has 0 spiro atoms. The van der Waals surface area contributed by atoms with Gasteiger partial charge >= 0.3 is 0 Å². The molecule has 0 atom stereocenters. The number of carbonyl (C=O) groups excluding carboxylic acids is 1. The van der Waals surface area contributed by atoms with Crippen LogP contribution in [0.1, 0.15) is 35.5 Å². The summed E-state index contributed by atoms with van der Waals surface area (Å²) in [5, 5.41) is 14.6. The first kappa shape index (κ1) is 18.7. The van der Waals surface area contributed by atoms with Gasteiger partial charge in [-0.2, -0.15) is 5.10 Å². The molecule has 6 nitrogen and oxygen atoms in total. The molecule has 0 saturated heterocycles. The SMILES string of the molecule is CC(C)N1CC(=C(c2ccccc2)c2ccccc2)n2ncc(=O)c(O)c2C1=O. The van der Waals surface area contributed by atoms with E-state index in [4.69, 9.17) is 0 Å². The number of hydrogen-bond donors (Lipinski definition) is 1. The van der Waals surface area contributed by atoms with Crippen LogP contribution in [0, 0.1) is 0 Å². The van der Waals surface area contributed by atoms with Gasteiger partial charge in [-0.15, -0.1) is 0 Å². The number of hydrogen-bond acceptors (Lipinski definition) is 4. The Labute approximate surface area is 168 Å². The molecule has 0 aliphatic carbocycles. The fourth-order valence-electron chi connectivity index (χ4n) is 3.59. The molecule has 146 valence electrons. The summed E-state index contributed by atoms with van der Waals surface area (Å²) >= 11 is 0. The Morgan fingerprint density at radius 1 is 0.966 bits per heavy atom. The maximum atomic E-state index is 13.0. The first-order valence-corrected chi connectivity index (χ1v) is 9.45. The first-order valence-electron chi connectivity index (χ1n) is 9.45. The monoisotopic (exact) mass is 387 g/mol. The summed E-state index contributed by atoms with van der Waals surface area (Å²) in [5.41, 5.74) is 2.75. The summed E-state index contributed by atoms with van der Waals surface area (Å²) in [6.07, 6.45) is 1.05. The third kappa shape index (κ3) is 3.23. The number of nitrogens with zero attached hydrogens (tertiary/aromatic N) is 3. The quantitative estimate of drug-likeness (QED) is 0.749. The van der Waals surface area contributed by atoms with E-state index in [2.05, 4.69) is 5.10 Å². The zero-order chi connectivity index (χ0) is 20.5. The number of fused-ring (bicyclic) bond motifs is 1. The number of benzene rings is 2. The summed E-state index contributed by atoms with van der Waals surface area (Å²) in [6, 6.07) is 19.5. The van der Waals surface area contributed by atoms with Gasteiger partial charge < -0.3 is 10.0 Å². The summed E-state index contributed by atoms with van der Waals surface area (Å²) in [4.78, 5) is 26.7. The van der Waals surface area contributed by atoms with Gasteiger partial charge in [-0.1, -0.05) is 60.7 Å². The van der Waals surface area contributed by atoms with Gasteiger partial charge in [-0.25, -0.2) is 4.68 Å². The maximum absolute atomic E-state index is 13.0. The Morgan fingerprint density at radius 2 is 1.52 bits per heavy atom. The van der Waals surface area contributed by atoms with Gasteiger partial charge in [0, 0.05) is 11.6 Å². The molecule has 4 rings (SSSR count). The maximum Gasteiger partial charge on any atom is 0.277 e. The molecule has 6 heteroatoms. The molecule has 1 aromatic heterocycles. The van der Waals surface area contributed by atoms with Crippen LogP contribution in [0.3, 0.4) is 0 Å². The van der Waals surface area contributed by atoms with Crippen LogP contribution in [-0.4, -0.2) is 38.3 Å². The van der Waals surface area contributed by atoms with E-state index in [1.54, 1.807) is 4.90 Å². The highest BCUT2D eigenvalue weighted by Gasteiger charge is 2.35. The number of carbonyl (C=O) groups is 1. The van der Waals surface area contributed by atoms with Crippen LogP contribution >= 0.6 is 0 Å². The Morgan fingerprint density at radius 3 is 2.03 bits per heavy atom. The highest BCUT2D eigenvalue weighted by Crippen LogP contribution is 2.34. The molecule has 0 fully saturated rings. The van der Waals surface area contributed by atoms with Gasteiger partial charge in [0.2, 0.25) is 5.43 Å². The van der Waals surface area contributed by atoms with Crippen molar-refractivity contribution in [3.8, 4) is 5.75 Å². The lowest BCUT2D eigenvalue weighted by Gasteiger charge is -2.35. The fourth-order valence-corrected chi connectivity index (χ4v) is 3.59. The van der Waals surface area contributed by atoms with Crippen LogP contribution in [0.2, 0.25) is 0 Å². The van der Waals surface area contributed by atoms with Crippen molar-refractivity contribution in [2.45, 2.75) is 19.9 Å². The molecular weight excluding hydrogens is 366 g/mol. The molecule has 1 amide bonds. The normalized spacial score (nSPS) is 13.6. The van der Waals surface area contributed by atoms with Crippen molar-refractivity contribution in [2.75, 3.05) is 6.54 Å². The predicted octanol–water partition coefficient (Wildman–Crippen LogP) is 3.23. The molecule has 1 N–H and O–H groups in total. The van der Waals surface area contributed by atoms with Gasteiger partial charge in [-0.3, -0.25) is 9.59 Å². The van der Waals surface area contributed by atoms with Crippen molar-refractivity contribution in [1.82, 2.24) is 14.7 Å². The molecule has 0 radical (unpaired) electrons. The Balaban J connectivity index is 2.10. The summed E-state index contributed by atoms with van der Waals surface area (Å²) < 4.78 is 1.41. The van der Waals surface area contributed by atoms with Crippen LogP contribution in [0.25, 0.3) is 11.3 Å². The van der Waals surface area contributed by atoms with Gasteiger partial charge in [-0.05, 0) is 25.0 Å². The Hall–Kier alpha value is -3.67. The average molecular weight is 387 g/mol. The smallest absolute Gasteiger partial charge is 0.277 e. The zero-order valence-corrected chi connectivity index (χ0v) is 16.2. The van der Waals surface area contributed by atoms with Gasteiger partial charge in [0.25, 0.3) is 5.91 Å². The standard InChI is InChI=1S/C23H21N3O3/c1-15(2)25-14-18(26-21(23(25)29)22(28)19(27)13-24-26)20(16-9-5-3-6-10-16)17-11-7-4-8-12-17/h3-13,15,28H,14H2,1-2H3. The molecule has 3 aromatic rings. The summed E-state index contributed by atoms with van der Waals surface area (Å²) in [7, 11) is 0. The van der Waals surface area contributed by atoms with E-state index in [1.807, 2.05) is 74.5 Å². The van der Waals surface area contributed by atoms with E-state index in [-0.39, 0.29) is 11.7 Å². The minimum Gasteiger partial charge on any atom is -0.502 e. The van der Waals surface area contributed by atoms with E-state index in [1.165, 1.54) is 4.68 Å². The number of aromatic hydroxyl groups is 1. The molecule has 2 aromatic carbocycles. The summed E-state index contributed by atoms with van der Waals surface area (Å²) in [6.45, 7) is 4.11. The second-order valence-corrected chi connectivity index (χ2v) is 7.20. The van der Waals surface area contributed by atoms with Crippen LogP contribution in [0.5, 0.6) is 5.75 Å². The Bertz CT molecular complexity index is 1110. The average Bonchev–Trinajstić information content (AvgIpc) is 2.73. The topological polar surface area (TPSA) is 75.4 Å². The number of aromatic nitrogens is 2. The molecule has 0 bridgehead atoms. The van der Waals surface area contributed by atoms with Crippen LogP contribution in [-0.2, 0) is 0 Å². The lowest BCUT2D eigenvalue weighted by molar-refractivity contribution is 0.0696. The molecule has 2 heterocycles. The minimum absolute atomic E-state index is 0.100.